The van der Waals surface area contributed by atoms with E-state index in [4.69, 9.17) is 4.74 Å². The van der Waals surface area contributed by atoms with Crippen molar-refractivity contribution in [2.45, 2.75) is 39.2 Å². The van der Waals surface area contributed by atoms with Crippen LogP contribution in [-0.4, -0.2) is 48.8 Å². The molecule has 0 spiro atoms. The van der Waals surface area contributed by atoms with Crippen molar-refractivity contribution in [3.8, 4) is 5.75 Å². The molecule has 128 valence electrons. The fourth-order valence-corrected chi connectivity index (χ4v) is 3.26. The van der Waals surface area contributed by atoms with Crippen LogP contribution in [0.25, 0.3) is 0 Å². The number of nitrogens with one attached hydrogen (secondary N) is 1. The molecule has 2 N–H and O–H groups in total. The van der Waals surface area contributed by atoms with Gasteiger partial charge in [0.05, 0.1) is 13.2 Å². The van der Waals surface area contributed by atoms with Crippen molar-refractivity contribution in [2.75, 3.05) is 32.1 Å². The summed E-state index contributed by atoms with van der Waals surface area (Å²) < 4.78 is 5.13. The molecule has 0 aromatic heterocycles. The molecule has 1 aliphatic heterocycles. The molecular weight excluding hydrogens is 292 g/mol. The quantitative estimate of drug-likeness (QED) is 0.845. The molecule has 1 aromatic carbocycles. The average molecular weight is 320 g/mol. The highest BCUT2D eigenvalue weighted by atomic mass is 16.5. The van der Waals surface area contributed by atoms with Crippen molar-refractivity contribution in [3.63, 3.8) is 0 Å². The highest BCUT2D eigenvalue weighted by Crippen LogP contribution is 2.30. The van der Waals surface area contributed by atoms with Gasteiger partial charge in [0.15, 0.2) is 0 Å². The number of carbonyl (C=O) groups is 1. The lowest BCUT2D eigenvalue weighted by atomic mass is 9.82. The third-order valence-electron chi connectivity index (χ3n) is 4.68. The maximum absolute atomic E-state index is 12.7. The number of benzene rings is 1. The number of hydrogen-bond donors (Lipinski definition) is 2. The van der Waals surface area contributed by atoms with Crippen LogP contribution in [0.2, 0.25) is 0 Å². The summed E-state index contributed by atoms with van der Waals surface area (Å²) in [5.74, 6) is 0.782. The minimum absolute atomic E-state index is 0.0138. The van der Waals surface area contributed by atoms with Gasteiger partial charge in [0.1, 0.15) is 5.75 Å². The Morgan fingerprint density at radius 3 is 2.70 bits per heavy atom. The number of anilines is 1. The number of carbonyl (C=O) groups excluding carboxylic acids is 1. The zero-order valence-corrected chi connectivity index (χ0v) is 14.3. The van der Waals surface area contributed by atoms with E-state index >= 15 is 0 Å². The molecule has 2 unspecified atom stereocenters. The summed E-state index contributed by atoms with van der Waals surface area (Å²) in [6, 6.07) is 7.19. The standard InChI is InChI=1S/C18H28N2O3/c1-4-16(20-11-5-10-18(2,12-20)13-21)17(22)19-14-6-8-15(23-3)9-7-14/h6-9,16,21H,4-5,10-13H2,1-3H3,(H,19,22). The molecule has 2 atom stereocenters. The lowest BCUT2D eigenvalue weighted by Crippen LogP contribution is -2.52. The van der Waals surface area contributed by atoms with Crippen molar-refractivity contribution in [1.82, 2.24) is 4.90 Å². The van der Waals surface area contributed by atoms with Gasteiger partial charge in [-0.1, -0.05) is 13.8 Å². The second-order valence-electron chi connectivity index (χ2n) is 6.68. The molecule has 1 saturated heterocycles. The van der Waals surface area contributed by atoms with Gasteiger partial charge < -0.3 is 15.2 Å². The second-order valence-corrected chi connectivity index (χ2v) is 6.68. The van der Waals surface area contributed by atoms with Crippen LogP contribution in [0.5, 0.6) is 5.75 Å². The summed E-state index contributed by atoms with van der Waals surface area (Å²) in [6.45, 7) is 5.96. The zero-order valence-electron chi connectivity index (χ0n) is 14.3. The summed E-state index contributed by atoms with van der Waals surface area (Å²) in [4.78, 5) is 14.9. The summed E-state index contributed by atoms with van der Waals surface area (Å²) in [5, 5.41) is 12.6. The van der Waals surface area contributed by atoms with Gasteiger partial charge in [-0.25, -0.2) is 0 Å². The molecule has 0 saturated carbocycles. The minimum atomic E-state index is -0.164. The Balaban J connectivity index is 2.02. The molecule has 5 nitrogen and oxygen atoms in total. The van der Waals surface area contributed by atoms with Gasteiger partial charge in [0.2, 0.25) is 5.91 Å². The van der Waals surface area contributed by atoms with E-state index in [1.807, 2.05) is 31.2 Å². The SMILES string of the molecule is CCC(C(=O)Nc1ccc(OC)cc1)N1CCCC(C)(CO)C1. The third-order valence-corrected chi connectivity index (χ3v) is 4.68. The lowest BCUT2D eigenvalue weighted by molar-refractivity contribution is -0.123. The Morgan fingerprint density at radius 1 is 1.43 bits per heavy atom. The molecule has 1 heterocycles. The fourth-order valence-electron chi connectivity index (χ4n) is 3.26. The Labute approximate surface area is 138 Å². The van der Waals surface area contributed by atoms with Gasteiger partial charge in [-0.05, 0) is 50.1 Å². The van der Waals surface area contributed by atoms with E-state index in [9.17, 15) is 9.90 Å². The first-order chi connectivity index (χ1) is 11.0. The monoisotopic (exact) mass is 320 g/mol. The molecular formula is C18H28N2O3. The lowest BCUT2D eigenvalue weighted by Gasteiger charge is -2.42. The average Bonchev–Trinajstić information content (AvgIpc) is 2.56. The topological polar surface area (TPSA) is 61.8 Å². The van der Waals surface area contributed by atoms with E-state index in [-0.39, 0.29) is 24.0 Å². The van der Waals surface area contributed by atoms with E-state index < -0.39 is 0 Å². The third kappa shape index (κ3) is 4.45. The van der Waals surface area contributed by atoms with E-state index in [2.05, 4.69) is 17.1 Å². The van der Waals surface area contributed by atoms with E-state index in [1.165, 1.54) is 0 Å². The minimum Gasteiger partial charge on any atom is -0.497 e. The maximum Gasteiger partial charge on any atom is 0.241 e. The molecule has 5 heteroatoms. The first-order valence-corrected chi connectivity index (χ1v) is 8.31. The number of aliphatic hydroxyl groups is 1. The summed E-state index contributed by atoms with van der Waals surface area (Å²) in [7, 11) is 1.62. The molecule has 0 bridgehead atoms. The smallest absolute Gasteiger partial charge is 0.241 e. The molecule has 2 rings (SSSR count). The number of piperidine rings is 1. The van der Waals surface area contributed by atoms with Crippen LogP contribution >= 0.6 is 0 Å². The molecule has 1 amide bonds. The van der Waals surface area contributed by atoms with Crippen LogP contribution in [0.3, 0.4) is 0 Å². The van der Waals surface area contributed by atoms with Crippen molar-refractivity contribution in [3.05, 3.63) is 24.3 Å². The summed E-state index contributed by atoms with van der Waals surface area (Å²) in [6.07, 6.45) is 2.78. The van der Waals surface area contributed by atoms with Crippen molar-refractivity contribution >= 4 is 11.6 Å². The van der Waals surface area contributed by atoms with Gasteiger partial charge in [-0.15, -0.1) is 0 Å². The maximum atomic E-state index is 12.7. The van der Waals surface area contributed by atoms with Gasteiger partial charge in [-0.3, -0.25) is 9.69 Å². The van der Waals surface area contributed by atoms with Gasteiger partial charge in [-0.2, -0.15) is 0 Å². The van der Waals surface area contributed by atoms with Crippen LogP contribution in [0, 0.1) is 5.41 Å². The van der Waals surface area contributed by atoms with Crippen molar-refractivity contribution in [1.29, 1.82) is 0 Å². The Kier molecular flexibility index (Phi) is 6.02. The Hall–Kier alpha value is -1.59. The van der Waals surface area contributed by atoms with Crippen LogP contribution in [0.15, 0.2) is 24.3 Å². The normalized spacial score (nSPS) is 23.3. The molecule has 0 aliphatic carbocycles. The second kappa shape index (κ2) is 7.79. The van der Waals surface area contributed by atoms with E-state index in [1.54, 1.807) is 7.11 Å². The highest BCUT2D eigenvalue weighted by molar-refractivity contribution is 5.94. The largest absolute Gasteiger partial charge is 0.497 e. The van der Waals surface area contributed by atoms with Gasteiger partial charge in [0.25, 0.3) is 0 Å². The first kappa shape index (κ1) is 17.8. The zero-order chi connectivity index (χ0) is 16.9. The Bertz CT molecular complexity index is 518. The van der Waals surface area contributed by atoms with Crippen LogP contribution in [0.1, 0.15) is 33.1 Å². The van der Waals surface area contributed by atoms with Crippen molar-refractivity contribution in [2.24, 2.45) is 5.41 Å². The van der Waals surface area contributed by atoms with E-state index in [0.717, 1.165) is 43.8 Å². The van der Waals surface area contributed by atoms with Gasteiger partial charge in [0, 0.05) is 24.3 Å². The van der Waals surface area contributed by atoms with Crippen LogP contribution < -0.4 is 10.1 Å². The Morgan fingerprint density at radius 2 is 2.13 bits per heavy atom. The van der Waals surface area contributed by atoms with Crippen LogP contribution in [0.4, 0.5) is 5.69 Å². The summed E-state index contributed by atoms with van der Waals surface area (Å²) in [5.41, 5.74) is 0.669. The fraction of sp³-hybridized carbons (Fsp3) is 0.611. The predicted molar refractivity (Wildman–Crippen MR) is 91.7 cm³/mol. The molecule has 1 fully saturated rings. The number of nitrogens with zero attached hydrogens (tertiary/aromatic N) is 1. The van der Waals surface area contributed by atoms with Crippen molar-refractivity contribution < 1.29 is 14.6 Å². The van der Waals surface area contributed by atoms with E-state index in [0.29, 0.717) is 0 Å². The number of ether oxygens (including phenoxy) is 1. The van der Waals surface area contributed by atoms with Crippen LogP contribution in [-0.2, 0) is 4.79 Å². The number of amides is 1. The molecule has 0 radical (unpaired) electrons. The number of aliphatic hydroxyl groups excluding tert-OH is 1. The molecule has 23 heavy (non-hydrogen) atoms. The first-order valence-electron chi connectivity index (χ1n) is 8.31. The number of likely N-dealkylation sites (tertiary alicyclic amines) is 1. The summed E-state index contributed by atoms with van der Waals surface area (Å²) >= 11 is 0. The number of rotatable bonds is 6. The highest BCUT2D eigenvalue weighted by Gasteiger charge is 2.35. The molecule has 1 aliphatic rings. The predicted octanol–water partition coefficient (Wildman–Crippen LogP) is 2.51. The van der Waals surface area contributed by atoms with Gasteiger partial charge >= 0.3 is 0 Å². The number of hydrogen-bond acceptors (Lipinski definition) is 4. The number of methoxy groups -OCH3 is 1. The molecule has 1 aromatic rings.